The number of para-hydroxylation sites is 1. The third-order valence-electron chi connectivity index (χ3n) is 3.57. The molecule has 3 nitrogen and oxygen atoms in total. The maximum atomic E-state index is 12.2. The molecule has 0 aliphatic carbocycles. The van der Waals surface area contributed by atoms with E-state index in [4.69, 9.17) is 0 Å². The molecule has 25 heavy (non-hydrogen) atoms. The van der Waals surface area contributed by atoms with E-state index in [9.17, 15) is 4.79 Å². The van der Waals surface area contributed by atoms with Gasteiger partial charge in [0.05, 0.1) is 12.1 Å². The number of aryl methyl sites for hydroxylation is 1. The second-order valence-corrected chi connectivity index (χ2v) is 8.56. The first-order valence-corrected chi connectivity index (χ1v) is 10.4. The summed E-state index contributed by atoms with van der Waals surface area (Å²) in [6.07, 6.45) is 0.295. The Morgan fingerprint density at radius 1 is 1.20 bits per heavy atom. The number of thioether (sulfide) groups is 1. The number of benzene rings is 2. The number of amides is 1. The molecule has 1 heterocycles. The maximum Gasteiger partial charge on any atom is 0.230 e. The fraction of sp³-hybridized carbons (Fsp3) is 0.158. The third kappa shape index (κ3) is 5.42. The van der Waals surface area contributed by atoms with Crippen LogP contribution in [0.3, 0.4) is 0 Å². The summed E-state index contributed by atoms with van der Waals surface area (Å²) < 4.78 is 2.07. The Kier molecular flexibility index (Phi) is 6.29. The lowest BCUT2D eigenvalue weighted by Crippen LogP contribution is -2.15. The first-order chi connectivity index (χ1) is 12.1. The highest BCUT2D eigenvalue weighted by molar-refractivity contribution is 9.10. The summed E-state index contributed by atoms with van der Waals surface area (Å²) in [5, 5.41) is 4.91. The van der Waals surface area contributed by atoms with E-state index >= 15 is 0 Å². The van der Waals surface area contributed by atoms with Gasteiger partial charge >= 0.3 is 0 Å². The summed E-state index contributed by atoms with van der Waals surface area (Å²) in [6.45, 7) is 1.98. The van der Waals surface area contributed by atoms with E-state index in [2.05, 4.69) is 38.4 Å². The zero-order chi connectivity index (χ0) is 17.6. The van der Waals surface area contributed by atoms with Gasteiger partial charge in [-0.2, -0.15) is 0 Å². The van der Waals surface area contributed by atoms with Crippen molar-refractivity contribution in [1.82, 2.24) is 4.98 Å². The molecule has 3 rings (SSSR count). The number of carbonyl (C=O) groups is 1. The molecule has 0 unspecified atom stereocenters. The summed E-state index contributed by atoms with van der Waals surface area (Å²) in [5.41, 5.74) is 3.98. The Labute approximate surface area is 164 Å². The van der Waals surface area contributed by atoms with E-state index in [1.165, 1.54) is 5.56 Å². The van der Waals surface area contributed by atoms with Crippen molar-refractivity contribution in [3.05, 3.63) is 75.2 Å². The number of nitrogens with zero attached hydrogens (tertiary/aromatic N) is 1. The van der Waals surface area contributed by atoms with Crippen LogP contribution >= 0.6 is 39.0 Å². The number of aromatic nitrogens is 1. The third-order valence-corrected chi connectivity index (χ3v) is 6.24. The number of anilines is 1. The van der Waals surface area contributed by atoms with Gasteiger partial charge in [0, 0.05) is 21.3 Å². The predicted octanol–water partition coefficient (Wildman–Crippen LogP) is 5.69. The Morgan fingerprint density at radius 2 is 1.96 bits per heavy atom. The minimum atomic E-state index is -0.0379. The number of hydrogen-bond acceptors (Lipinski definition) is 4. The van der Waals surface area contributed by atoms with Crippen LogP contribution in [0.25, 0.3) is 0 Å². The molecule has 0 aliphatic heterocycles. The van der Waals surface area contributed by atoms with Gasteiger partial charge in [-0.05, 0) is 36.2 Å². The molecule has 1 aromatic heterocycles. The number of rotatable bonds is 6. The zero-order valence-electron chi connectivity index (χ0n) is 13.7. The number of halogens is 1. The van der Waals surface area contributed by atoms with Crippen molar-refractivity contribution in [2.75, 3.05) is 5.32 Å². The van der Waals surface area contributed by atoms with Crippen LogP contribution in [-0.4, -0.2) is 10.9 Å². The first kappa shape index (κ1) is 18.2. The monoisotopic (exact) mass is 432 g/mol. The highest BCUT2D eigenvalue weighted by atomic mass is 79.9. The molecule has 0 saturated carbocycles. The van der Waals surface area contributed by atoms with Crippen LogP contribution in [0.1, 0.15) is 16.8 Å². The predicted molar refractivity (Wildman–Crippen MR) is 109 cm³/mol. The molecule has 0 spiro atoms. The lowest BCUT2D eigenvalue weighted by molar-refractivity contribution is -0.115. The highest BCUT2D eigenvalue weighted by Gasteiger charge is 2.09. The maximum absolute atomic E-state index is 12.2. The van der Waals surface area contributed by atoms with Gasteiger partial charge in [-0.25, -0.2) is 4.98 Å². The molecular formula is C19H17BrN2OS2. The van der Waals surface area contributed by atoms with Crippen LogP contribution in [-0.2, 0) is 17.0 Å². The second-order valence-electron chi connectivity index (χ2n) is 5.56. The molecule has 128 valence electrons. The number of hydrogen-bond donors (Lipinski definition) is 1. The summed E-state index contributed by atoms with van der Waals surface area (Å²) in [7, 11) is 0. The summed E-state index contributed by atoms with van der Waals surface area (Å²) in [5.74, 6) is 0.833. The Bertz CT molecular complexity index is 862. The quantitative estimate of drug-likeness (QED) is 0.508. The minimum absolute atomic E-state index is 0.0379. The van der Waals surface area contributed by atoms with Crippen molar-refractivity contribution in [3.63, 3.8) is 0 Å². The van der Waals surface area contributed by atoms with Crippen LogP contribution < -0.4 is 5.32 Å². The fourth-order valence-corrected chi connectivity index (χ4v) is 4.30. The van der Waals surface area contributed by atoms with Crippen LogP contribution in [0, 0.1) is 6.92 Å². The molecule has 3 aromatic rings. The van der Waals surface area contributed by atoms with E-state index in [1.807, 2.05) is 48.7 Å². The number of thiazole rings is 1. The standard InChI is InChI=1S/C19H17BrN2OS2/c1-13-4-2-3-5-17(13)22-18(23)10-16-12-25-19(21-16)24-11-14-6-8-15(20)9-7-14/h2-9,12H,10-11H2,1H3,(H,22,23). The molecule has 0 saturated heterocycles. The van der Waals surface area contributed by atoms with Crippen LogP contribution in [0.2, 0.25) is 0 Å². The average molecular weight is 433 g/mol. The molecule has 0 bridgehead atoms. The van der Waals surface area contributed by atoms with Gasteiger partial charge in [0.2, 0.25) is 5.91 Å². The van der Waals surface area contributed by atoms with Crippen molar-refractivity contribution < 1.29 is 4.79 Å². The smallest absolute Gasteiger partial charge is 0.230 e. The summed E-state index contributed by atoms with van der Waals surface area (Å²) >= 11 is 6.72. The average Bonchev–Trinajstić information content (AvgIpc) is 3.04. The largest absolute Gasteiger partial charge is 0.326 e. The Morgan fingerprint density at radius 3 is 2.72 bits per heavy atom. The number of nitrogens with one attached hydrogen (secondary N) is 1. The molecule has 1 amide bonds. The minimum Gasteiger partial charge on any atom is -0.326 e. The van der Waals surface area contributed by atoms with Crippen LogP contribution in [0.4, 0.5) is 5.69 Å². The Hall–Kier alpha value is -1.63. The van der Waals surface area contributed by atoms with Gasteiger partial charge in [0.1, 0.15) is 4.34 Å². The molecule has 0 aliphatic rings. The van der Waals surface area contributed by atoms with Crippen molar-refractivity contribution in [1.29, 1.82) is 0 Å². The van der Waals surface area contributed by atoms with Crippen molar-refractivity contribution >= 4 is 50.6 Å². The Balaban J connectivity index is 1.53. The van der Waals surface area contributed by atoms with E-state index in [1.54, 1.807) is 23.1 Å². The molecule has 1 N–H and O–H groups in total. The van der Waals surface area contributed by atoms with Crippen LogP contribution in [0.15, 0.2) is 62.7 Å². The fourth-order valence-electron chi connectivity index (χ4n) is 2.23. The van der Waals surface area contributed by atoms with Gasteiger partial charge in [-0.15, -0.1) is 11.3 Å². The van der Waals surface area contributed by atoms with Crippen LogP contribution in [0.5, 0.6) is 0 Å². The van der Waals surface area contributed by atoms with Gasteiger partial charge in [-0.1, -0.05) is 58.0 Å². The molecule has 0 atom stereocenters. The van der Waals surface area contributed by atoms with E-state index in [-0.39, 0.29) is 5.91 Å². The van der Waals surface area contributed by atoms with Crippen molar-refractivity contribution in [2.45, 2.75) is 23.4 Å². The van der Waals surface area contributed by atoms with Crippen molar-refractivity contribution in [2.24, 2.45) is 0 Å². The number of carbonyl (C=O) groups excluding carboxylic acids is 1. The summed E-state index contributed by atoms with van der Waals surface area (Å²) in [6, 6.07) is 16.0. The zero-order valence-corrected chi connectivity index (χ0v) is 16.9. The molecule has 0 fully saturated rings. The molecular weight excluding hydrogens is 416 g/mol. The molecule has 0 radical (unpaired) electrons. The lowest BCUT2D eigenvalue weighted by atomic mass is 10.2. The van der Waals surface area contributed by atoms with Gasteiger partial charge in [-0.3, -0.25) is 4.79 Å². The van der Waals surface area contributed by atoms with Gasteiger partial charge in [0.25, 0.3) is 0 Å². The van der Waals surface area contributed by atoms with E-state index in [0.717, 1.165) is 31.5 Å². The lowest BCUT2D eigenvalue weighted by Gasteiger charge is -2.06. The topological polar surface area (TPSA) is 42.0 Å². The van der Waals surface area contributed by atoms with Gasteiger partial charge in [0.15, 0.2) is 0 Å². The molecule has 6 heteroatoms. The second kappa shape index (κ2) is 8.65. The van der Waals surface area contributed by atoms with E-state index in [0.29, 0.717) is 6.42 Å². The molecule has 2 aromatic carbocycles. The van der Waals surface area contributed by atoms with E-state index < -0.39 is 0 Å². The van der Waals surface area contributed by atoms with Crippen molar-refractivity contribution in [3.8, 4) is 0 Å². The van der Waals surface area contributed by atoms with Gasteiger partial charge < -0.3 is 5.32 Å². The first-order valence-electron chi connectivity index (χ1n) is 7.77. The summed E-state index contributed by atoms with van der Waals surface area (Å²) in [4.78, 5) is 16.8. The highest BCUT2D eigenvalue weighted by Crippen LogP contribution is 2.27. The SMILES string of the molecule is Cc1ccccc1NC(=O)Cc1csc(SCc2ccc(Br)cc2)n1. The normalized spacial score (nSPS) is 10.6.